The fourth-order valence-electron chi connectivity index (χ4n) is 1.77. The number of benzene rings is 1. The molecule has 0 aliphatic rings. The van der Waals surface area contributed by atoms with Gasteiger partial charge >= 0.3 is 5.97 Å². The Hall–Kier alpha value is -2.46. The molecule has 0 aromatic heterocycles. The Morgan fingerprint density at radius 1 is 1.16 bits per heavy atom. The molecule has 0 aliphatic heterocycles. The molecule has 0 saturated heterocycles. The number of esters is 1. The maximum absolute atomic E-state index is 12.1. The minimum atomic E-state index is -3.93. The van der Waals surface area contributed by atoms with Crippen LogP contribution in [0.1, 0.15) is 20.8 Å². The van der Waals surface area contributed by atoms with E-state index >= 15 is 0 Å². The van der Waals surface area contributed by atoms with E-state index in [1.54, 1.807) is 6.92 Å². The van der Waals surface area contributed by atoms with Gasteiger partial charge < -0.3 is 15.4 Å². The molecule has 2 amide bonds. The number of hydrogen-bond donors (Lipinski definition) is 3. The zero-order valence-electron chi connectivity index (χ0n) is 14.2. The molecule has 9 nitrogen and oxygen atoms in total. The summed E-state index contributed by atoms with van der Waals surface area (Å²) in [4.78, 5) is 33.9. The number of anilines is 1. The second kappa shape index (κ2) is 9.14. The van der Waals surface area contributed by atoms with E-state index in [9.17, 15) is 22.8 Å². The van der Waals surface area contributed by atoms with Crippen molar-refractivity contribution in [1.82, 2.24) is 10.0 Å². The van der Waals surface area contributed by atoms with Gasteiger partial charge in [0.25, 0.3) is 5.91 Å². The Morgan fingerprint density at radius 3 is 2.28 bits per heavy atom. The van der Waals surface area contributed by atoms with Crippen LogP contribution in [0.3, 0.4) is 0 Å². The zero-order chi connectivity index (χ0) is 19.0. The fourth-order valence-corrected chi connectivity index (χ4v) is 2.74. The Balaban J connectivity index is 2.61. The molecule has 0 saturated carbocycles. The zero-order valence-corrected chi connectivity index (χ0v) is 15.0. The van der Waals surface area contributed by atoms with Crippen molar-refractivity contribution >= 4 is 33.5 Å². The number of amides is 2. The van der Waals surface area contributed by atoms with Gasteiger partial charge in [-0.05, 0) is 38.1 Å². The molecule has 0 unspecified atom stereocenters. The number of hydrogen-bond acceptors (Lipinski definition) is 6. The average Bonchev–Trinajstić information content (AvgIpc) is 2.53. The first-order chi connectivity index (χ1) is 11.7. The van der Waals surface area contributed by atoms with Crippen LogP contribution in [-0.4, -0.2) is 45.4 Å². The van der Waals surface area contributed by atoms with Crippen LogP contribution in [0.5, 0.6) is 0 Å². The summed E-state index contributed by atoms with van der Waals surface area (Å²) in [7, 11) is -3.93. The lowest BCUT2D eigenvalue weighted by molar-refractivity contribution is -0.153. The van der Waals surface area contributed by atoms with E-state index in [1.807, 2.05) is 0 Å². The van der Waals surface area contributed by atoms with E-state index in [1.165, 1.54) is 38.1 Å². The van der Waals surface area contributed by atoms with Gasteiger partial charge in [-0.3, -0.25) is 14.4 Å². The molecule has 1 atom stereocenters. The summed E-state index contributed by atoms with van der Waals surface area (Å²) in [5, 5.41) is 4.99. The highest BCUT2D eigenvalue weighted by atomic mass is 32.2. The quantitative estimate of drug-likeness (QED) is 0.551. The Bertz CT molecular complexity index is 730. The molecule has 10 heteroatoms. The molecule has 0 heterocycles. The molecule has 0 spiro atoms. The van der Waals surface area contributed by atoms with Crippen LogP contribution >= 0.6 is 0 Å². The maximum atomic E-state index is 12.1. The number of carbonyl (C=O) groups excluding carboxylic acids is 3. The van der Waals surface area contributed by atoms with Crippen molar-refractivity contribution in [3.63, 3.8) is 0 Å². The largest absolute Gasteiger partial charge is 0.452 e. The standard InChI is InChI=1S/C15H21N3O6S/c1-4-16-15(21)10(2)24-14(20)9-17-25(22,23)13-7-5-12(6-8-13)18-11(3)19/h5-8,10,17H,4,9H2,1-3H3,(H,16,21)(H,18,19)/t10-/m0/s1. The molecule has 1 rings (SSSR count). The van der Waals surface area contributed by atoms with Crippen LogP contribution in [0.4, 0.5) is 5.69 Å². The normalized spacial score (nSPS) is 12.1. The predicted molar refractivity (Wildman–Crippen MR) is 90.2 cm³/mol. The van der Waals surface area contributed by atoms with Crippen molar-refractivity contribution in [3.05, 3.63) is 24.3 Å². The summed E-state index contributed by atoms with van der Waals surface area (Å²) in [6.45, 7) is 4.22. The summed E-state index contributed by atoms with van der Waals surface area (Å²) in [5.74, 6) is -1.62. The molecular weight excluding hydrogens is 350 g/mol. The summed E-state index contributed by atoms with van der Waals surface area (Å²) >= 11 is 0. The summed E-state index contributed by atoms with van der Waals surface area (Å²) < 4.78 is 31.1. The Kier molecular flexibility index (Phi) is 7.52. The topological polar surface area (TPSA) is 131 Å². The predicted octanol–water partition coefficient (Wildman–Crippen LogP) is -0.00890. The third kappa shape index (κ3) is 6.89. The number of sulfonamides is 1. The van der Waals surface area contributed by atoms with Gasteiger partial charge in [-0.25, -0.2) is 8.42 Å². The number of nitrogens with one attached hydrogen (secondary N) is 3. The minimum absolute atomic E-state index is 0.0776. The average molecular weight is 371 g/mol. The van der Waals surface area contributed by atoms with Crippen molar-refractivity contribution in [2.45, 2.75) is 31.8 Å². The van der Waals surface area contributed by atoms with Gasteiger partial charge in [-0.1, -0.05) is 0 Å². The van der Waals surface area contributed by atoms with Crippen LogP contribution in [0.2, 0.25) is 0 Å². The molecule has 0 fully saturated rings. The van der Waals surface area contributed by atoms with Crippen LogP contribution in [0.25, 0.3) is 0 Å². The number of likely N-dealkylation sites (N-methyl/N-ethyl adjacent to an activating group) is 1. The summed E-state index contributed by atoms with van der Waals surface area (Å²) in [5.41, 5.74) is 0.446. The van der Waals surface area contributed by atoms with E-state index < -0.39 is 34.5 Å². The first-order valence-corrected chi connectivity index (χ1v) is 8.98. The molecule has 3 N–H and O–H groups in total. The van der Waals surface area contributed by atoms with Crippen molar-refractivity contribution in [2.75, 3.05) is 18.4 Å². The number of carbonyl (C=O) groups is 3. The molecule has 1 aromatic carbocycles. The Labute approximate surface area is 146 Å². The van der Waals surface area contributed by atoms with Gasteiger partial charge in [0, 0.05) is 19.2 Å². The highest BCUT2D eigenvalue weighted by Gasteiger charge is 2.20. The van der Waals surface area contributed by atoms with E-state index in [0.717, 1.165) is 0 Å². The summed E-state index contributed by atoms with van der Waals surface area (Å²) in [6.07, 6.45) is -1.02. The Morgan fingerprint density at radius 2 is 1.76 bits per heavy atom. The highest BCUT2D eigenvalue weighted by molar-refractivity contribution is 7.89. The van der Waals surface area contributed by atoms with Gasteiger partial charge in [0.05, 0.1) is 4.90 Å². The number of rotatable bonds is 8. The maximum Gasteiger partial charge on any atom is 0.321 e. The van der Waals surface area contributed by atoms with E-state index in [4.69, 9.17) is 4.74 Å². The monoisotopic (exact) mass is 371 g/mol. The first kappa shape index (κ1) is 20.6. The van der Waals surface area contributed by atoms with Crippen LogP contribution in [-0.2, 0) is 29.1 Å². The summed E-state index contributed by atoms with van der Waals surface area (Å²) in [6, 6.07) is 5.42. The van der Waals surface area contributed by atoms with Crippen molar-refractivity contribution in [3.8, 4) is 0 Å². The molecular formula is C15H21N3O6S. The molecule has 25 heavy (non-hydrogen) atoms. The molecule has 0 bridgehead atoms. The smallest absolute Gasteiger partial charge is 0.321 e. The van der Waals surface area contributed by atoms with Crippen LogP contribution < -0.4 is 15.4 Å². The van der Waals surface area contributed by atoms with Gasteiger partial charge in [0.15, 0.2) is 6.10 Å². The van der Waals surface area contributed by atoms with Gasteiger partial charge in [0.2, 0.25) is 15.9 Å². The van der Waals surface area contributed by atoms with Crippen LogP contribution in [0, 0.1) is 0 Å². The van der Waals surface area contributed by atoms with Gasteiger partial charge in [0.1, 0.15) is 6.54 Å². The van der Waals surface area contributed by atoms with Crippen molar-refractivity contribution < 1.29 is 27.5 Å². The van der Waals surface area contributed by atoms with Crippen molar-refractivity contribution in [1.29, 1.82) is 0 Å². The van der Waals surface area contributed by atoms with E-state index in [2.05, 4.69) is 15.4 Å². The van der Waals surface area contributed by atoms with E-state index in [-0.39, 0.29) is 10.8 Å². The lowest BCUT2D eigenvalue weighted by atomic mass is 10.3. The van der Waals surface area contributed by atoms with E-state index in [0.29, 0.717) is 12.2 Å². The second-order valence-corrected chi connectivity index (χ2v) is 6.82. The lowest BCUT2D eigenvalue weighted by Gasteiger charge is -2.13. The van der Waals surface area contributed by atoms with Gasteiger partial charge in [-0.2, -0.15) is 4.72 Å². The van der Waals surface area contributed by atoms with Crippen LogP contribution in [0.15, 0.2) is 29.2 Å². The van der Waals surface area contributed by atoms with Gasteiger partial charge in [-0.15, -0.1) is 0 Å². The third-order valence-electron chi connectivity index (χ3n) is 2.92. The molecule has 0 aliphatic carbocycles. The SMILES string of the molecule is CCNC(=O)[C@H](C)OC(=O)CNS(=O)(=O)c1ccc(NC(C)=O)cc1. The molecule has 1 aromatic rings. The van der Waals surface area contributed by atoms with Crippen molar-refractivity contribution in [2.24, 2.45) is 0 Å². The minimum Gasteiger partial charge on any atom is -0.452 e. The first-order valence-electron chi connectivity index (χ1n) is 7.50. The number of ether oxygens (including phenoxy) is 1. The molecule has 0 radical (unpaired) electrons. The lowest BCUT2D eigenvalue weighted by Crippen LogP contribution is -2.38. The third-order valence-corrected chi connectivity index (χ3v) is 4.34. The highest BCUT2D eigenvalue weighted by Crippen LogP contribution is 2.13. The molecule has 138 valence electrons. The second-order valence-electron chi connectivity index (χ2n) is 5.06. The fraction of sp³-hybridized carbons (Fsp3) is 0.400.